The smallest absolute Gasteiger partial charge is 0.224 e. The lowest BCUT2D eigenvalue weighted by Gasteiger charge is -2.18. The average molecular weight is 427 g/mol. The molecule has 2 aromatic heterocycles. The molecule has 0 radical (unpaired) electrons. The van der Waals surface area contributed by atoms with Crippen LogP contribution in [-0.4, -0.2) is 0 Å². The highest BCUT2D eigenvalue weighted by Gasteiger charge is 2.25. The highest BCUT2D eigenvalue weighted by Crippen LogP contribution is 2.40. The topological polar surface area (TPSA) is 17.0 Å². The number of pyridine rings is 1. The molecule has 0 spiro atoms. The lowest BCUT2D eigenvalue weighted by atomic mass is 9.87. The number of benzene rings is 3. The molecule has 0 N–H and O–H groups in total. The Labute approximate surface area is 188 Å². The summed E-state index contributed by atoms with van der Waals surface area (Å²) in [4.78, 5) is 0. The number of fused-ring (bicyclic) bond motifs is 4. The molecule has 5 aromatic rings. The third kappa shape index (κ3) is 3.37. The third-order valence-electron chi connectivity index (χ3n) is 6.42. The lowest BCUT2D eigenvalue weighted by molar-refractivity contribution is -0.659. The largest absolute Gasteiger partial charge is 0.455 e. The Hall–Kier alpha value is -3.20. The molecule has 0 atom stereocenters. The van der Waals surface area contributed by atoms with Crippen LogP contribution in [0.3, 0.4) is 0 Å². The molecule has 32 heavy (non-hydrogen) atoms. The van der Waals surface area contributed by atoms with Crippen LogP contribution in [0.5, 0.6) is 0 Å². The van der Waals surface area contributed by atoms with E-state index in [1.807, 2.05) is 6.07 Å². The van der Waals surface area contributed by atoms with Crippen molar-refractivity contribution in [1.82, 2.24) is 0 Å². The van der Waals surface area contributed by atoms with Crippen LogP contribution in [0.2, 0.25) is 0 Å². The first-order valence-corrected chi connectivity index (χ1v) is 11.2. The highest BCUT2D eigenvalue weighted by molar-refractivity contribution is 6.12. The molecule has 2 nitrogen and oxygen atoms in total. The fourth-order valence-corrected chi connectivity index (χ4v) is 4.85. The van der Waals surface area contributed by atoms with Crippen LogP contribution in [0.25, 0.3) is 44.0 Å². The molecule has 0 fully saturated rings. The molecular formula is C29H29FNO+. The van der Waals surface area contributed by atoms with Crippen molar-refractivity contribution < 1.29 is 13.4 Å². The predicted octanol–water partition coefficient (Wildman–Crippen LogP) is 7.58. The molecule has 0 bridgehead atoms. The fourth-order valence-electron chi connectivity index (χ4n) is 4.85. The van der Waals surface area contributed by atoms with Gasteiger partial charge >= 0.3 is 0 Å². The van der Waals surface area contributed by atoms with Gasteiger partial charge in [0, 0.05) is 22.9 Å². The van der Waals surface area contributed by atoms with Gasteiger partial charge in [0.2, 0.25) is 5.69 Å². The maximum absolute atomic E-state index is 13.9. The number of aromatic nitrogens is 1. The first-order chi connectivity index (χ1) is 15.1. The number of halogens is 1. The maximum atomic E-state index is 13.9. The second kappa shape index (κ2) is 7.16. The van der Waals surface area contributed by atoms with Crippen molar-refractivity contribution in [2.45, 2.75) is 41.0 Å². The van der Waals surface area contributed by atoms with E-state index in [0.29, 0.717) is 5.58 Å². The van der Waals surface area contributed by atoms with Crippen molar-refractivity contribution in [3.05, 3.63) is 77.2 Å². The Morgan fingerprint density at radius 3 is 2.41 bits per heavy atom. The zero-order valence-electron chi connectivity index (χ0n) is 19.6. The van der Waals surface area contributed by atoms with Crippen molar-refractivity contribution in [1.29, 1.82) is 0 Å². The number of nitrogens with zero attached hydrogens (tertiary/aromatic N) is 1. The Morgan fingerprint density at radius 1 is 0.906 bits per heavy atom. The number of aryl methyl sites for hydroxylation is 2. The van der Waals surface area contributed by atoms with E-state index in [2.05, 4.69) is 82.8 Å². The quantitative estimate of drug-likeness (QED) is 0.266. The number of hydrogen-bond donors (Lipinski definition) is 0. The molecule has 0 aliphatic rings. The van der Waals surface area contributed by atoms with Crippen LogP contribution in [0.15, 0.2) is 59.1 Å². The Bertz CT molecular complexity index is 1520. The summed E-state index contributed by atoms with van der Waals surface area (Å²) in [5.41, 5.74) is 7.55. The molecule has 0 amide bonds. The molecule has 0 unspecified atom stereocenters. The number of hydrogen-bond acceptors (Lipinski definition) is 1. The van der Waals surface area contributed by atoms with E-state index in [-0.39, 0.29) is 11.2 Å². The van der Waals surface area contributed by atoms with Crippen molar-refractivity contribution in [3.8, 4) is 11.3 Å². The van der Waals surface area contributed by atoms with Crippen LogP contribution in [0.4, 0.5) is 4.39 Å². The minimum absolute atomic E-state index is 0.235. The van der Waals surface area contributed by atoms with Crippen molar-refractivity contribution in [2.24, 2.45) is 12.5 Å². The third-order valence-corrected chi connectivity index (χ3v) is 6.42. The summed E-state index contributed by atoms with van der Waals surface area (Å²) >= 11 is 0. The van der Waals surface area contributed by atoms with Crippen LogP contribution in [0, 0.1) is 25.1 Å². The second-order valence-corrected chi connectivity index (χ2v) is 10.2. The predicted molar refractivity (Wildman–Crippen MR) is 130 cm³/mol. The van der Waals surface area contributed by atoms with Crippen LogP contribution < -0.4 is 4.57 Å². The summed E-state index contributed by atoms with van der Waals surface area (Å²) in [6, 6.07) is 15.9. The Balaban J connectivity index is 1.85. The molecule has 3 heteroatoms. The molecule has 3 aromatic carbocycles. The van der Waals surface area contributed by atoms with Gasteiger partial charge in [-0.2, -0.15) is 0 Å². The number of furan rings is 1. The summed E-state index contributed by atoms with van der Waals surface area (Å²) < 4.78 is 22.4. The molecule has 0 saturated heterocycles. The summed E-state index contributed by atoms with van der Waals surface area (Å²) in [7, 11) is 2.08. The van der Waals surface area contributed by atoms with E-state index in [1.54, 1.807) is 0 Å². The van der Waals surface area contributed by atoms with Gasteiger partial charge in [-0.25, -0.2) is 8.96 Å². The van der Waals surface area contributed by atoms with Gasteiger partial charge in [-0.1, -0.05) is 32.9 Å². The van der Waals surface area contributed by atoms with E-state index in [9.17, 15) is 4.39 Å². The Kier molecular flexibility index (Phi) is 4.63. The lowest BCUT2D eigenvalue weighted by Crippen LogP contribution is -2.31. The molecule has 162 valence electrons. The first kappa shape index (κ1) is 20.7. The van der Waals surface area contributed by atoms with Crippen LogP contribution >= 0.6 is 0 Å². The second-order valence-electron chi connectivity index (χ2n) is 10.2. The number of rotatable bonds is 2. The first-order valence-electron chi connectivity index (χ1n) is 11.2. The van der Waals surface area contributed by atoms with Crippen molar-refractivity contribution in [3.63, 3.8) is 0 Å². The molecule has 5 rings (SSSR count). The van der Waals surface area contributed by atoms with Crippen LogP contribution in [-0.2, 0) is 13.5 Å². The standard InChI is InChI=1S/C29H29FNO/c1-17-13-24-23-10-8-21(30)15-25(23)32-28(24)26(18(17)2)27-22-9-7-19(16-29(3,4)5)14-20(22)11-12-31(27)6/h7-15H,16H2,1-6H3/q+1. The molecule has 2 heterocycles. The van der Waals surface area contributed by atoms with E-state index < -0.39 is 0 Å². The van der Waals surface area contributed by atoms with Gasteiger partial charge in [-0.3, -0.25) is 0 Å². The molecule has 0 aliphatic carbocycles. The van der Waals surface area contributed by atoms with Gasteiger partial charge in [-0.15, -0.1) is 0 Å². The van der Waals surface area contributed by atoms with E-state index in [4.69, 9.17) is 4.42 Å². The maximum Gasteiger partial charge on any atom is 0.224 e. The van der Waals surface area contributed by atoms with Gasteiger partial charge in [0.25, 0.3) is 0 Å². The van der Waals surface area contributed by atoms with Crippen molar-refractivity contribution >= 4 is 32.7 Å². The van der Waals surface area contributed by atoms with E-state index in [1.165, 1.54) is 39.6 Å². The molecule has 0 aliphatic heterocycles. The zero-order valence-corrected chi connectivity index (χ0v) is 19.6. The SMILES string of the molecule is Cc1cc2c(oc3cc(F)ccc32)c(-c2c3ccc(CC(C)(C)C)cc3cc[n+]2C)c1C. The zero-order chi connectivity index (χ0) is 22.8. The summed E-state index contributed by atoms with van der Waals surface area (Å²) in [6.07, 6.45) is 3.15. The van der Waals surface area contributed by atoms with Gasteiger partial charge in [0.1, 0.15) is 24.0 Å². The van der Waals surface area contributed by atoms with Gasteiger partial charge in [0.05, 0.1) is 10.9 Å². The Morgan fingerprint density at radius 2 is 1.66 bits per heavy atom. The van der Waals surface area contributed by atoms with Gasteiger partial charge in [-0.05, 0) is 72.0 Å². The summed E-state index contributed by atoms with van der Waals surface area (Å²) in [5, 5.41) is 4.38. The van der Waals surface area contributed by atoms with Gasteiger partial charge < -0.3 is 4.42 Å². The normalized spacial score (nSPS) is 12.3. The minimum Gasteiger partial charge on any atom is -0.455 e. The van der Waals surface area contributed by atoms with Crippen molar-refractivity contribution in [2.75, 3.05) is 0 Å². The molecule has 0 saturated carbocycles. The molecular weight excluding hydrogens is 397 g/mol. The summed E-state index contributed by atoms with van der Waals surface area (Å²) in [6.45, 7) is 11.1. The van der Waals surface area contributed by atoms with Gasteiger partial charge in [0.15, 0.2) is 6.20 Å². The monoisotopic (exact) mass is 426 g/mol. The summed E-state index contributed by atoms with van der Waals surface area (Å²) in [5.74, 6) is -0.284. The average Bonchev–Trinajstić information content (AvgIpc) is 3.05. The highest BCUT2D eigenvalue weighted by atomic mass is 19.1. The minimum atomic E-state index is -0.284. The van der Waals surface area contributed by atoms with Crippen LogP contribution in [0.1, 0.15) is 37.5 Å². The van der Waals surface area contributed by atoms with E-state index >= 15 is 0 Å². The fraction of sp³-hybridized carbons (Fsp3) is 0.276. The van der Waals surface area contributed by atoms with E-state index in [0.717, 1.165) is 34.0 Å².